The maximum Gasteiger partial charge on any atom is 0.264 e. The summed E-state index contributed by atoms with van der Waals surface area (Å²) in [6, 6.07) is 5.31. The van der Waals surface area contributed by atoms with Gasteiger partial charge in [0.15, 0.2) is 0 Å². The van der Waals surface area contributed by atoms with Gasteiger partial charge in [-0.2, -0.15) is 5.26 Å². The summed E-state index contributed by atoms with van der Waals surface area (Å²) in [4.78, 5) is 0. The summed E-state index contributed by atoms with van der Waals surface area (Å²) >= 11 is -1.62. The normalized spacial score (nSPS) is 11.9. The lowest BCUT2D eigenvalue weighted by molar-refractivity contribution is 0.444. The monoisotopic (exact) mass is 239 g/mol. The molecule has 0 amide bonds. The molecule has 0 fully saturated rings. The van der Waals surface area contributed by atoms with Crippen molar-refractivity contribution in [1.29, 1.82) is 5.26 Å². The van der Waals surface area contributed by atoms with Crippen LogP contribution in [0, 0.1) is 18.3 Å². The second-order valence-corrected chi connectivity index (χ2v) is 4.53. The minimum Gasteiger partial charge on any atom is -0.398 e. The SMILES string of the molecule is COS(=O)N(C)c1cc(N)c(C)cc1C#N. The van der Waals surface area contributed by atoms with Gasteiger partial charge in [0.1, 0.15) is 6.07 Å². The molecule has 1 unspecified atom stereocenters. The zero-order valence-corrected chi connectivity index (χ0v) is 10.2. The van der Waals surface area contributed by atoms with Crippen molar-refractivity contribution in [2.24, 2.45) is 0 Å². The third-order valence-electron chi connectivity index (χ3n) is 2.21. The molecule has 86 valence electrons. The third kappa shape index (κ3) is 2.32. The Hall–Kier alpha value is -1.58. The molecule has 0 aliphatic heterocycles. The Morgan fingerprint density at radius 1 is 1.56 bits per heavy atom. The Morgan fingerprint density at radius 2 is 2.19 bits per heavy atom. The molecule has 6 heteroatoms. The van der Waals surface area contributed by atoms with Crippen LogP contribution < -0.4 is 10.0 Å². The number of benzene rings is 1. The van der Waals surface area contributed by atoms with Crippen LogP contribution in [0.1, 0.15) is 11.1 Å². The second-order valence-electron chi connectivity index (χ2n) is 3.22. The molecule has 0 spiro atoms. The molecule has 0 aliphatic carbocycles. The highest BCUT2D eigenvalue weighted by atomic mass is 32.2. The van der Waals surface area contributed by atoms with Crippen molar-refractivity contribution in [2.45, 2.75) is 6.92 Å². The summed E-state index contributed by atoms with van der Waals surface area (Å²) in [7, 11) is 2.90. The molecule has 1 atom stereocenters. The van der Waals surface area contributed by atoms with Crippen molar-refractivity contribution in [3.8, 4) is 6.07 Å². The Bertz CT molecular complexity index is 468. The van der Waals surface area contributed by atoms with Crippen molar-refractivity contribution >= 4 is 22.6 Å². The van der Waals surface area contributed by atoms with E-state index < -0.39 is 11.3 Å². The molecule has 0 saturated heterocycles. The van der Waals surface area contributed by atoms with Crippen LogP contribution in [-0.2, 0) is 15.4 Å². The number of nitriles is 1. The molecule has 0 aromatic heterocycles. The second kappa shape index (κ2) is 4.96. The molecule has 5 nitrogen and oxygen atoms in total. The van der Waals surface area contributed by atoms with E-state index in [1.54, 1.807) is 19.2 Å². The smallest absolute Gasteiger partial charge is 0.264 e. The van der Waals surface area contributed by atoms with E-state index in [0.29, 0.717) is 16.9 Å². The Morgan fingerprint density at radius 3 is 2.69 bits per heavy atom. The van der Waals surface area contributed by atoms with Gasteiger partial charge in [0.25, 0.3) is 11.3 Å². The number of rotatable bonds is 3. The third-order valence-corrected chi connectivity index (χ3v) is 3.14. The first kappa shape index (κ1) is 12.5. The lowest BCUT2D eigenvalue weighted by Crippen LogP contribution is -2.22. The minimum atomic E-state index is -1.62. The molecule has 0 bridgehead atoms. The van der Waals surface area contributed by atoms with Gasteiger partial charge in [0, 0.05) is 12.7 Å². The molecule has 1 rings (SSSR count). The maximum atomic E-state index is 11.4. The molecule has 0 radical (unpaired) electrons. The lowest BCUT2D eigenvalue weighted by Gasteiger charge is -2.18. The van der Waals surface area contributed by atoms with Crippen LogP contribution in [0.3, 0.4) is 0 Å². The molecule has 0 aliphatic rings. The van der Waals surface area contributed by atoms with Crippen molar-refractivity contribution in [1.82, 2.24) is 0 Å². The summed E-state index contributed by atoms with van der Waals surface area (Å²) in [5.74, 6) is 0. The Kier molecular flexibility index (Phi) is 3.88. The van der Waals surface area contributed by atoms with Crippen molar-refractivity contribution < 1.29 is 8.39 Å². The van der Waals surface area contributed by atoms with Gasteiger partial charge in [-0.05, 0) is 24.6 Å². The summed E-state index contributed by atoms with van der Waals surface area (Å²) in [6.45, 7) is 1.81. The van der Waals surface area contributed by atoms with Gasteiger partial charge in [0.2, 0.25) is 0 Å². The minimum absolute atomic E-state index is 0.416. The van der Waals surface area contributed by atoms with Crippen LogP contribution in [0.2, 0.25) is 0 Å². The first-order valence-corrected chi connectivity index (χ1v) is 5.54. The van der Waals surface area contributed by atoms with Crippen LogP contribution >= 0.6 is 0 Å². The summed E-state index contributed by atoms with van der Waals surface area (Å²) in [6.07, 6.45) is 0. The highest BCUT2D eigenvalue weighted by molar-refractivity contribution is 7.81. The summed E-state index contributed by atoms with van der Waals surface area (Å²) < 4.78 is 17.5. The quantitative estimate of drug-likeness (QED) is 0.801. The lowest BCUT2D eigenvalue weighted by atomic mass is 10.1. The van der Waals surface area contributed by atoms with Gasteiger partial charge in [-0.3, -0.25) is 8.49 Å². The molecule has 1 aromatic rings. The molecule has 1 aromatic carbocycles. The fourth-order valence-electron chi connectivity index (χ4n) is 1.25. The molecule has 0 heterocycles. The zero-order valence-electron chi connectivity index (χ0n) is 9.35. The van der Waals surface area contributed by atoms with Crippen molar-refractivity contribution in [3.63, 3.8) is 0 Å². The predicted molar refractivity (Wildman–Crippen MR) is 63.9 cm³/mol. The molecular formula is C10H13N3O2S. The molecular weight excluding hydrogens is 226 g/mol. The van der Waals surface area contributed by atoms with Gasteiger partial charge >= 0.3 is 0 Å². The average molecular weight is 239 g/mol. The number of hydrogen-bond donors (Lipinski definition) is 1. The number of nitrogens with zero attached hydrogens (tertiary/aromatic N) is 2. The molecule has 2 N–H and O–H groups in total. The van der Waals surface area contributed by atoms with E-state index in [1.807, 2.05) is 13.0 Å². The van der Waals surface area contributed by atoms with Crippen LogP contribution in [0.5, 0.6) is 0 Å². The zero-order chi connectivity index (χ0) is 12.3. The number of nitrogen functional groups attached to an aromatic ring is 1. The number of aryl methyl sites for hydroxylation is 1. The van der Waals surface area contributed by atoms with Crippen molar-refractivity contribution in [2.75, 3.05) is 24.2 Å². The van der Waals surface area contributed by atoms with Gasteiger partial charge in [0.05, 0.1) is 18.4 Å². The average Bonchev–Trinajstić information content (AvgIpc) is 2.30. The van der Waals surface area contributed by atoms with E-state index in [0.717, 1.165) is 5.56 Å². The first-order valence-electron chi connectivity index (χ1n) is 4.51. The van der Waals surface area contributed by atoms with E-state index in [1.165, 1.54) is 11.4 Å². The van der Waals surface area contributed by atoms with Crippen LogP contribution in [0.4, 0.5) is 11.4 Å². The van der Waals surface area contributed by atoms with E-state index in [9.17, 15) is 4.21 Å². The highest BCUT2D eigenvalue weighted by Crippen LogP contribution is 2.26. The highest BCUT2D eigenvalue weighted by Gasteiger charge is 2.14. The van der Waals surface area contributed by atoms with E-state index in [2.05, 4.69) is 4.18 Å². The van der Waals surface area contributed by atoms with Crippen molar-refractivity contribution in [3.05, 3.63) is 23.3 Å². The largest absolute Gasteiger partial charge is 0.398 e. The fourth-order valence-corrected chi connectivity index (χ4v) is 1.79. The predicted octanol–water partition coefficient (Wildman–Crippen LogP) is 1.11. The molecule has 0 saturated carbocycles. The maximum absolute atomic E-state index is 11.4. The topological polar surface area (TPSA) is 79.3 Å². The molecule has 16 heavy (non-hydrogen) atoms. The van der Waals surface area contributed by atoms with Gasteiger partial charge < -0.3 is 5.73 Å². The number of hydrogen-bond acceptors (Lipinski definition) is 4. The van der Waals surface area contributed by atoms with E-state index >= 15 is 0 Å². The fraction of sp³-hybridized carbons (Fsp3) is 0.300. The Labute approximate surface area is 97.2 Å². The Balaban J connectivity index is 3.28. The van der Waals surface area contributed by atoms with Crippen LogP contribution in [0.25, 0.3) is 0 Å². The first-order chi connectivity index (χ1) is 7.51. The number of nitrogens with two attached hydrogens (primary N) is 1. The van der Waals surface area contributed by atoms with Crippen LogP contribution in [-0.4, -0.2) is 18.4 Å². The van der Waals surface area contributed by atoms with E-state index in [4.69, 9.17) is 11.0 Å². The standard InChI is InChI=1S/C10H13N3O2S/c1-7-4-8(6-11)10(5-9(7)12)13(2)16(14)15-3/h4-5H,12H2,1-3H3. The van der Waals surface area contributed by atoms with Crippen LogP contribution in [0.15, 0.2) is 12.1 Å². The van der Waals surface area contributed by atoms with E-state index in [-0.39, 0.29) is 0 Å². The van der Waals surface area contributed by atoms with Gasteiger partial charge in [-0.25, -0.2) is 4.21 Å². The van der Waals surface area contributed by atoms with Gasteiger partial charge in [-0.15, -0.1) is 0 Å². The summed E-state index contributed by atoms with van der Waals surface area (Å²) in [5, 5.41) is 8.98. The number of anilines is 2. The van der Waals surface area contributed by atoms with Gasteiger partial charge in [-0.1, -0.05) is 0 Å². The summed E-state index contributed by atoms with van der Waals surface area (Å²) in [5.41, 5.74) is 8.02.